The molecule has 102 valence electrons. The van der Waals surface area contributed by atoms with Gasteiger partial charge in [0.2, 0.25) is 0 Å². The average molecular weight is 286 g/mol. The number of carbonyl (C=O) groups is 1. The summed E-state index contributed by atoms with van der Waals surface area (Å²) in [5.74, 6) is -0.103. The van der Waals surface area contributed by atoms with Crippen LogP contribution in [0.3, 0.4) is 0 Å². The number of hydrogen-bond acceptors (Lipinski definition) is 4. The number of nitrogens with one attached hydrogen (secondary N) is 2. The first-order valence-corrected chi connectivity index (χ1v) is 7.05. The van der Waals surface area contributed by atoms with E-state index in [9.17, 15) is 4.79 Å². The number of thiophene rings is 1. The van der Waals surface area contributed by atoms with Crippen molar-refractivity contribution < 1.29 is 4.79 Å². The molecule has 20 heavy (non-hydrogen) atoms. The Kier molecular flexibility index (Phi) is 3.02. The lowest BCUT2D eigenvalue weighted by atomic mass is 10.2. The number of fused-ring (bicyclic) bond motifs is 1. The summed E-state index contributed by atoms with van der Waals surface area (Å²) in [6.45, 7) is 5.94. The van der Waals surface area contributed by atoms with Gasteiger partial charge in [-0.15, -0.1) is 11.3 Å². The van der Waals surface area contributed by atoms with Gasteiger partial charge in [0.1, 0.15) is 0 Å². The summed E-state index contributed by atoms with van der Waals surface area (Å²) < 4.78 is 0. The number of aryl methyl sites for hydroxylation is 3. The lowest BCUT2D eigenvalue weighted by Gasteiger charge is -2.03. The molecule has 1 amide bonds. The van der Waals surface area contributed by atoms with Gasteiger partial charge in [0.15, 0.2) is 5.65 Å². The van der Waals surface area contributed by atoms with E-state index in [0.717, 1.165) is 21.5 Å². The molecule has 3 rings (SSSR count). The van der Waals surface area contributed by atoms with Crippen molar-refractivity contribution in [2.45, 2.75) is 20.8 Å². The van der Waals surface area contributed by atoms with Crippen LogP contribution in [0.15, 0.2) is 18.3 Å². The van der Waals surface area contributed by atoms with Crippen LogP contribution in [0.5, 0.6) is 0 Å². The van der Waals surface area contributed by atoms with Crippen LogP contribution in [0.4, 0.5) is 5.69 Å². The zero-order valence-electron chi connectivity index (χ0n) is 11.4. The Bertz CT molecular complexity index is 783. The van der Waals surface area contributed by atoms with Crippen LogP contribution in [0.2, 0.25) is 0 Å². The lowest BCUT2D eigenvalue weighted by molar-refractivity contribution is 0.103. The van der Waals surface area contributed by atoms with Gasteiger partial charge in [-0.25, -0.2) is 4.98 Å². The summed E-state index contributed by atoms with van der Waals surface area (Å²) in [6, 6.07) is 3.79. The molecule has 0 saturated heterocycles. The van der Waals surface area contributed by atoms with Crippen LogP contribution in [0.1, 0.15) is 25.8 Å². The SMILES string of the molecule is Cc1cc(C(=O)Nc2cnc3n[nH]c(C)c3c2)sc1C. The van der Waals surface area contributed by atoms with E-state index in [-0.39, 0.29) is 5.91 Å². The van der Waals surface area contributed by atoms with Crippen molar-refractivity contribution in [3.63, 3.8) is 0 Å². The van der Waals surface area contributed by atoms with Gasteiger partial charge >= 0.3 is 0 Å². The molecule has 0 unspecified atom stereocenters. The van der Waals surface area contributed by atoms with Crippen LogP contribution in [-0.4, -0.2) is 21.1 Å². The van der Waals surface area contributed by atoms with Crippen LogP contribution in [0.25, 0.3) is 11.0 Å². The molecule has 2 N–H and O–H groups in total. The fourth-order valence-corrected chi connectivity index (χ4v) is 2.89. The van der Waals surface area contributed by atoms with E-state index in [2.05, 4.69) is 20.5 Å². The van der Waals surface area contributed by atoms with E-state index in [1.165, 1.54) is 11.3 Å². The van der Waals surface area contributed by atoms with Crippen LogP contribution >= 0.6 is 11.3 Å². The van der Waals surface area contributed by atoms with Crippen LogP contribution in [0, 0.1) is 20.8 Å². The number of anilines is 1. The molecule has 0 aromatic carbocycles. The maximum Gasteiger partial charge on any atom is 0.265 e. The Morgan fingerprint density at radius 1 is 1.30 bits per heavy atom. The number of pyridine rings is 1. The molecule has 3 aromatic heterocycles. The first-order valence-electron chi connectivity index (χ1n) is 6.23. The second-order valence-corrected chi connectivity index (χ2v) is 6.00. The highest BCUT2D eigenvalue weighted by molar-refractivity contribution is 7.14. The Morgan fingerprint density at radius 2 is 2.10 bits per heavy atom. The molecule has 0 aliphatic rings. The van der Waals surface area contributed by atoms with Gasteiger partial charge in [0, 0.05) is 16.0 Å². The minimum atomic E-state index is -0.103. The van der Waals surface area contributed by atoms with Gasteiger partial charge in [-0.2, -0.15) is 5.10 Å². The summed E-state index contributed by atoms with van der Waals surface area (Å²) in [6.07, 6.45) is 1.62. The highest BCUT2D eigenvalue weighted by Crippen LogP contribution is 2.23. The summed E-state index contributed by atoms with van der Waals surface area (Å²) in [5, 5.41) is 10.7. The fraction of sp³-hybridized carbons (Fsp3) is 0.214. The predicted octanol–water partition coefficient (Wildman–Crippen LogP) is 3.20. The maximum absolute atomic E-state index is 12.2. The molecule has 0 radical (unpaired) electrons. The average Bonchev–Trinajstić information content (AvgIpc) is 2.95. The molecule has 0 fully saturated rings. The molecular formula is C14H14N4OS. The number of aromatic nitrogens is 3. The number of carbonyl (C=O) groups excluding carboxylic acids is 1. The van der Waals surface area contributed by atoms with Crippen LogP contribution < -0.4 is 5.32 Å². The van der Waals surface area contributed by atoms with Crippen LogP contribution in [-0.2, 0) is 0 Å². The Labute approximate surface area is 120 Å². The van der Waals surface area contributed by atoms with E-state index in [1.807, 2.05) is 32.9 Å². The van der Waals surface area contributed by atoms with Crippen molar-refractivity contribution in [3.8, 4) is 0 Å². The van der Waals surface area contributed by atoms with Gasteiger partial charge in [-0.3, -0.25) is 9.89 Å². The van der Waals surface area contributed by atoms with E-state index in [0.29, 0.717) is 16.2 Å². The zero-order valence-corrected chi connectivity index (χ0v) is 12.3. The molecule has 0 spiro atoms. The fourth-order valence-electron chi connectivity index (χ4n) is 1.97. The molecule has 3 heterocycles. The molecule has 0 aliphatic carbocycles. The Hall–Kier alpha value is -2.21. The molecular weight excluding hydrogens is 272 g/mol. The Morgan fingerprint density at radius 3 is 2.80 bits per heavy atom. The third kappa shape index (κ3) is 2.18. The number of hydrogen-bond donors (Lipinski definition) is 2. The van der Waals surface area contributed by atoms with Gasteiger partial charge < -0.3 is 5.32 Å². The van der Waals surface area contributed by atoms with Crippen molar-refractivity contribution in [2.75, 3.05) is 5.32 Å². The third-order valence-corrected chi connectivity index (χ3v) is 4.40. The number of nitrogens with zero attached hydrogens (tertiary/aromatic N) is 2. The van der Waals surface area contributed by atoms with Crippen molar-refractivity contribution >= 4 is 34.0 Å². The quantitative estimate of drug-likeness (QED) is 0.760. The highest BCUT2D eigenvalue weighted by atomic mass is 32.1. The van der Waals surface area contributed by atoms with E-state index in [4.69, 9.17) is 0 Å². The number of aromatic amines is 1. The second-order valence-electron chi connectivity index (χ2n) is 4.75. The number of rotatable bonds is 2. The first kappa shape index (κ1) is 12.8. The largest absolute Gasteiger partial charge is 0.320 e. The van der Waals surface area contributed by atoms with E-state index >= 15 is 0 Å². The summed E-state index contributed by atoms with van der Waals surface area (Å²) in [5.41, 5.74) is 3.41. The smallest absolute Gasteiger partial charge is 0.265 e. The maximum atomic E-state index is 12.2. The third-order valence-electron chi connectivity index (χ3n) is 3.25. The Balaban J connectivity index is 1.88. The molecule has 0 aliphatic heterocycles. The van der Waals surface area contributed by atoms with Crippen molar-refractivity contribution in [3.05, 3.63) is 39.3 Å². The van der Waals surface area contributed by atoms with Crippen molar-refractivity contribution in [2.24, 2.45) is 0 Å². The second kappa shape index (κ2) is 4.72. The summed E-state index contributed by atoms with van der Waals surface area (Å²) in [4.78, 5) is 18.3. The van der Waals surface area contributed by atoms with Gasteiger partial charge in [-0.05, 0) is 38.5 Å². The van der Waals surface area contributed by atoms with Crippen molar-refractivity contribution in [1.82, 2.24) is 15.2 Å². The molecule has 0 bridgehead atoms. The zero-order chi connectivity index (χ0) is 14.3. The topological polar surface area (TPSA) is 70.7 Å². The van der Waals surface area contributed by atoms with Crippen molar-refractivity contribution in [1.29, 1.82) is 0 Å². The van der Waals surface area contributed by atoms with Gasteiger partial charge in [0.25, 0.3) is 5.91 Å². The van der Waals surface area contributed by atoms with E-state index in [1.54, 1.807) is 6.20 Å². The van der Waals surface area contributed by atoms with Gasteiger partial charge in [0.05, 0.1) is 16.8 Å². The standard InChI is InChI=1S/C14H14N4OS/c1-7-4-12(20-9(7)3)14(19)16-10-5-11-8(2)17-18-13(11)15-6-10/h4-6H,1-3H3,(H,16,19)(H,15,17,18). The minimum absolute atomic E-state index is 0.103. The first-order chi connectivity index (χ1) is 9.54. The molecule has 6 heteroatoms. The minimum Gasteiger partial charge on any atom is -0.320 e. The predicted molar refractivity (Wildman–Crippen MR) is 80.4 cm³/mol. The number of amides is 1. The summed E-state index contributed by atoms with van der Waals surface area (Å²) in [7, 11) is 0. The van der Waals surface area contributed by atoms with E-state index < -0.39 is 0 Å². The molecule has 5 nitrogen and oxygen atoms in total. The monoisotopic (exact) mass is 286 g/mol. The number of H-pyrrole nitrogens is 1. The highest BCUT2D eigenvalue weighted by Gasteiger charge is 2.12. The lowest BCUT2D eigenvalue weighted by Crippen LogP contribution is -2.10. The molecule has 3 aromatic rings. The molecule has 0 saturated carbocycles. The molecule has 0 atom stereocenters. The summed E-state index contributed by atoms with van der Waals surface area (Å²) >= 11 is 1.50. The van der Waals surface area contributed by atoms with Gasteiger partial charge in [-0.1, -0.05) is 0 Å². The normalized spacial score (nSPS) is 10.9.